The number of aromatic amines is 1. The van der Waals surface area contributed by atoms with Crippen molar-refractivity contribution in [1.29, 1.82) is 0 Å². The van der Waals surface area contributed by atoms with E-state index in [0.717, 1.165) is 16.5 Å². The van der Waals surface area contributed by atoms with Crippen LogP contribution in [0.15, 0.2) is 54.7 Å². The molecule has 0 fully saturated rings. The molecule has 3 rings (SSSR count). The van der Waals surface area contributed by atoms with E-state index in [-0.39, 0.29) is 13.0 Å². The van der Waals surface area contributed by atoms with Gasteiger partial charge in [-0.3, -0.25) is 0 Å². The first kappa shape index (κ1) is 17.8. The van der Waals surface area contributed by atoms with Crippen molar-refractivity contribution in [2.24, 2.45) is 0 Å². The highest BCUT2D eigenvalue weighted by atomic mass is 35.5. The summed E-state index contributed by atoms with van der Waals surface area (Å²) < 4.78 is 5.09. The Hall–Kier alpha value is -2.99. The summed E-state index contributed by atoms with van der Waals surface area (Å²) in [7, 11) is 0. The number of benzene rings is 2. The number of nitrogens with one attached hydrogen (secondary N) is 2. The van der Waals surface area contributed by atoms with Gasteiger partial charge in [-0.2, -0.15) is 0 Å². The molecule has 0 saturated heterocycles. The highest BCUT2D eigenvalue weighted by Gasteiger charge is 2.23. The van der Waals surface area contributed by atoms with Crippen LogP contribution < -0.4 is 5.32 Å². The number of fused-ring (bicyclic) bond motifs is 1. The summed E-state index contributed by atoms with van der Waals surface area (Å²) in [6.45, 7) is 0.0674. The second-order valence-corrected chi connectivity index (χ2v) is 6.18. The van der Waals surface area contributed by atoms with Crippen LogP contribution in [0.2, 0.25) is 5.02 Å². The minimum atomic E-state index is -1.15. The fraction of sp³-hybridized carbons (Fsp3) is 0.158. The molecule has 1 amide bonds. The van der Waals surface area contributed by atoms with Crippen molar-refractivity contribution >= 4 is 34.6 Å². The normalized spacial score (nSPS) is 11.9. The number of carbonyl (C=O) groups excluding carboxylic acids is 1. The molecule has 1 heterocycles. The number of carbonyl (C=O) groups is 2. The van der Waals surface area contributed by atoms with Gasteiger partial charge in [-0.15, -0.1) is 0 Å². The number of carboxylic acid groups (broad SMARTS) is 1. The number of rotatable bonds is 6. The smallest absolute Gasteiger partial charge is 0.408 e. The van der Waals surface area contributed by atoms with Crippen LogP contribution in [-0.4, -0.2) is 28.2 Å². The molecular formula is C19H17ClN2O4. The molecule has 0 bridgehead atoms. The zero-order valence-electron chi connectivity index (χ0n) is 13.7. The molecule has 3 aromatic rings. The quantitative estimate of drug-likeness (QED) is 0.614. The molecule has 26 heavy (non-hydrogen) atoms. The first-order chi connectivity index (χ1) is 12.5. The Morgan fingerprint density at radius 1 is 1.15 bits per heavy atom. The molecule has 0 aliphatic carbocycles. The summed E-state index contributed by atoms with van der Waals surface area (Å²) in [6.07, 6.45) is 0.996. The highest BCUT2D eigenvalue weighted by molar-refractivity contribution is 6.35. The molecule has 134 valence electrons. The van der Waals surface area contributed by atoms with E-state index in [2.05, 4.69) is 10.3 Å². The van der Waals surface area contributed by atoms with E-state index in [1.807, 2.05) is 36.4 Å². The molecule has 2 aromatic carbocycles. The number of hydrogen-bond donors (Lipinski definition) is 3. The molecule has 1 unspecified atom stereocenters. The van der Waals surface area contributed by atoms with Crippen molar-refractivity contribution in [2.75, 3.05) is 0 Å². The summed E-state index contributed by atoms with van der Waals surface area (Å²) in [5.74, 6) is -1.15. The van der Waals surface area contributed by atoms with Crippen LogP contribution in [0.25, 0.3) is 10.9 Å². The third kappa shape index (κ3) is 4.15. The molecule has 3 N–H and O–H groups in total. The van der Waals surface area contributed by atoms with Crippen LogP contribution in [0.1, 0.15) is 11.1 Å². The topological polar surface area (TPSA) is 91.4 Å². The number of alkyl carbamates (subject to hydrolysis) is 1. The lowest BCUT2D eigenvalue weighted by atomic mass is 10.1. The number of aromatic nitrogens is 1. The monoisotopic (exact) mass is 372 g/mol. The Morgan fingerprint density at radius 2 is 1.92 bits per heavy atom. The van der Waals surface area contributed by atoms with Gasteiger partial charge in [-0.05, 0) is 23.3 Å². The predicted molar refractivity (Wildman–Crippen MR) is 98.2 cm³/mol. The molecule has 0 aliphatic rings. The molecule has 6 nitrogen and oxygen atoms in total. The van der Waals surface area contributed by atoms with Gasteiger partial charge >= 0.3 is 12.1 Å². The Balaban J connectivity index is 1.67. The Morgan fingerprint density at radius 3 is 2.65 bits per heavy atom. The van der Waals surface area contributed by atoms with Crippen LogP contribution in [0.5, 0.6) is 0 Å². The minimum Gasteiger partial charge on any atom is -0.480 e. The second-order valence-electron chi connectivity index (χ2n) is 5.78. The van der Waals surface area contributed by atoms with Crippen molar-refractivity contribution in [1.82, 2.24) is 10.3 Å². The van der Waals surface area contributed by atoms with E-state index in [1.165, 1.54) is 0 Å². The summed E-state index contributed by atoms with van der Waals surface area (Å²) in [5.41, 5.74) is 2.34. The van der Waals surface area contributed by atoms with E-state index in [0.29, 0.717) is 10.6 Å². The van der Waals surface area contributed by atoms with Gasteiger partial charge in [0.05, 0.1) is 5.02 Å². The van der Waals surface area contributed by atoms with Gasteiger partial charge in [0.15, 0.2) is 0 Å². The SMILES string of the molecule is O=C(NC(Cc1c[nH]c2cccc(Cl)c12)C(=O)O)OCc1ccccc1. The number of carboxylic acids is 1. The van der Waals surface area contributed by atoms with Crippen LogP contribution in [0, 0.1) is 0 Å². The summed E-state index contributed by atoms with van der Waals surface area (Å²) in [5, 5.41) is 13.1. The zero-order valence-corrected chi connectivity index (χ0v) is 14.5. The summed E-state index contributed by atoms with van der Waals surface area (Å²) >= 11 is 6.21. The Bertz CT molecular complexity index is 924. The van der Waals surface area contributed by atoms with Gasteiger partial charge < -0.3 is 20.1 Å². The molecular weight excluding hydrogens is 356 g/mol. The van der Waals surface area contributed by atoms with Gasteiger partial charge in [0.25, 0.3) is 0 Å². The molecule has 1 atom stereocenters. The fourth-order valence-corrected chi connectivity index (χ4v) is 2.99. The molecule has 0 aliphatic heterocycles. The number of hydrogen-bond acceptors (Lipinski definition) is 3. The van der Waals surface area contributed by atoms with Gasteiger partial charge in [-0.25, -0.2) is 9.59 Å². The Labute approximate surface area is 154 Å². The van der Waals surface area contributed by atoms with E-state index >= 15 is 0 Å². The van der Waals surface area contributed by atoms with Crippen LogP contribution >= 0.6 is 11.6 Å². The molecule has 0 spiro atoms. The van der Waals surface area contributed by atoms with E-state index in [9.17, 15) is 14.7 Å². The second kappa shape index (κ2) is 7.93. The van der Waals surface area contributed by atoms with E-state index in [1.54, 1.807) is 18.3 Å². The van der Waals surface area contributed by atoms with Crippen molar-refractivity contribution in [2.45, 2.75) is 19.1 Å². The number of aliphatic carboxylic acids is 1. The maximum absolute atomic E-state index is 12.0. The predicted octanol–water partition coefficient (Wildman–Crippen LogP) is 3.74. The number of amides is 1. The standard InChI is InChI=1S/C19H17ClN2O4/c20-14-7-4-8-15-17(14)13(10-21-15)9-16(18(23)24)22-19(25)26-11-12-5-2-1-3-6-12/h1-8,10,16,21H,9,11H2,(H,22,25)(H,23,24). The third-order valence-corrected chi connectivity index (χ3v) is 4.28. The van der Waals surface area contributed by atoms with Crippen LogP contribution in [0.3, 0.4) is 0 Å². The molecule has 7 heteroatoms. The van der Waals surface area contributed by atoms with Crippen molar-refractivity contribution in [3.63, 3.8) is 0 Å². The van der Waals surface area contributed by atoms with Gasteiger partial charge in [0.2, 0.25) is 0 Å². The van der Waals surface area contributed by atoms with Gasteiger partial charge in [0.1, 0.15) is 12.6 Å². The highest BCUT2D eigenvalue weighted by Crippen LogP contribution is 2.27. The molecule has 0 radical (unpaired) electrons. The average Bonchev–Trinajstić information content (AvgIpc) is 3.04. The third-order valence-electron chi connectivity index (χ3n) is 3.96. The molecule has 1 aromatic heterocycles. The first-order valence-corrected chi connectivity index (χ1v) is 8.37. The first-order valence-electron chi connectivity index (χ1n) is 7.99. The van der Waals surface area contributed by atoms with Crippen molar-refractivity contribution in [3.8, 4) is 0 Å². The summed E-state index contributed by atoms with van der Waals surface area (Å²) in [6, 6.07) is 13.4. The number of halogens is 1. The lowest BCUT2D eigenvalue weighted by Crippen LogP contribution is -2.42. The van der Waals surface area contributed by atoms with Crippen LogP contribution in [0.4, 0.5) is 4.79 Å². The molecule has 0 saturated carbocycles. The van der Waals surface area contributed by atoms with Crippen molar-refractivity contribution in [3.05, 3.63) is 70.9 Å². The number of ether oxygens (including phenoxy) is 1. The van der Waals surface area contributed by atoms with Crippen molar-refractivity contribution < 1.29 is 19.4 Å². The lowest BCUT2D eigenvalue weighted by Gasteiger charge is -2.14. The van der Waals surface area contributed by atoms with E-state index in [4.69, 9.17) is 16.3 Å². The minimum absolute atomic E-state index is 0.0674. The van der Waals surface area contributed by atoms with Crippen LogP contribution in [-0.2, 0) is 22.6 Å². The lowest BCUT2D eigenvalue weighted by molar-refractivity contribution is -0.139. The number of H-pyrrole nitrogens is 1. The average molecular weight is 373 g/mol. The zero-order chi connectivity index (χ0) is 18.5. The summed E-state index contributed by atoms with van der Waals surface area (Å²) in [4.78, 5) is 26.6. The Kier molecular flexibility index (Phi) is 5.43. The maximum atomic E-state index is 12.0. The largest absolute Gasteiger partial charge is 0.480 e. The fourth-order valence-electron chi connectivity index (χ4n) is 2.70. The maximum Gasteiger partial charge on any atom is 0.408 e. The van der Waals surface area contributed by atoms with Gasteiger partial charge in [0, 0.05) is 23.5 Å². The van der Waals surface area contributed by atoms with E-state index < -0.39 is 18.1 Å². The van der Waals surface area contributed by atoms with Gasteiger partial charge in [-0.1, -0.05) is 48.0 Å².